The monoisotopic (exact) mass is 201 g/mol. The zero-order valence-corrected chi connectivity index (χ0v) is 9.38. The van der Waals surface area contributed by atoms with Gasteiger partial charge in [-0.3, -0.25) is 0 Å². The van der Waals surface area contributed by atoms with E-state index < -0.39 is 0 Å². The van der Waals surface area contributed by atoms with Crippen molar-refractivity contribution < 1.29 is 9.84 Å². The van der Waals surface area contributed by atoms with Crippen LogP contribution in [0.1, 0.15) is 39.0 Å². The van der Waals surface area contributed by atoms with Gasteiger partial charge in [0.15, 0.2) is 0 Å². The van der Waals surface area contributed by atoms with Crippen molar-refractivity contribution >= 4 is 0 Å². The fraction of sp³-hybridized carbons (Fsp3) is 1.00. The molecule has 84 valence electrons. The number of aliphatic hydroxyl groups excluding tert-OH is 1. The molecule has 1 fully saturated rings. The van der Waals surface area contributed by atoms with Gasteiger partial charge < -0.3 is 15.2 Å². The summed E-state index contributed by atoms with van der Waals surface area (Å²) in [4.78, 5) is 0. The van der Waals surface area contributed by atoms with Crippen LogP contribution in [-0.4, -0.2) is 37.0 Å². The molecule has 0 aromatic rings. The summed E-state index contributed by atoms with van der Waals surface area (Å²) in [5.41, 5.74) is 0.119. The molecular weight excluding hydrogens is 178 g/mol. The molecule has 0 radical (unpaired) electrons. The van der Waals surface area contributed by atoms with Crippen molar-refractivity contribution in [3.63, 3.8) is 0 Å². The molecule has 0 amide bonds. The van der Waals surface area contributed by atoms with E-state index in [0.717, 1.165) is 19.4 Å². The third-order valence-corrected chi connectivity index (χ3v) is 3.27. The van der Waals surface area contributed by atoms with E-state index in [1.807, 2.05) is 0 Å². The third kappa shape index (κ3) is 3.23. The summed E-state index contributed by atoms with van der Waals surface area (Å²) in [5, 5.41) is 12.2. The summed E-state index contributed by atoms with van der Waals surface area (Å²) in [5.74, 6) is 0. The van der Waals surface area contributed by atoms with Crippen molar-refractivity contribution in [3.05, 3.63) is 0 Å². The van der Waals surface area contributed by atoms with Gasteiger partial charge in [-0.2, -0.15) is 0 Å². The van der Waals surface area contributed by atoms with Gasteiger partial charge >= 0.3 is 0 Å². The molecule has 1 aliphatic rings. The lowest BCUT2D eigenvalue weighted by atomic mass is 9.80. The van der Waals surface area contributed by atoms with E-state index in [2.05, 4.69) is 12.2 Å². The second-order valence-corrected chi connectivity index (χ2v) is 4.39. The number of ether oxygens (including phenoxy) is 1. The predicted molar refractivity (Wildman–Crippen MR) is 57.4 cm³/mol. The Morgan fingerprint density at radius 1 is 1.50 bits per heavy atom. The van der Waals surface area contributed by atoms with E-state index in [1.54, 1.807) is 7.11 Å². The summed E-state index contributed by atoms with van der Waals surface area (Å²) in [7, 11) is 1.80. The summed E-state index contributed by atoms with van der Waals surface area (Å²) < 4.78 is 5.52. The van der Waals surface area contributed by atoms with Crippen LogP contribution >= 0.6 is 0 Å². The van der Waals surface area contributed by atoms with Crippen LogP contribution < -0.4 is 5.32 Å². The summed E-state index contributed by atoms with van der Waals surface area (Å²) >= 11 is 0. The molecule has 0 saturated heterocycles. The summed E-state index contributed by atoms with van der Waals surface area (Å²) in [6.45, 7) is 3.41. The average molecular weight is 201 g/mol. The lowest BCUT2D eigenvalue weighted by Crippen LogP contribution is -2.49. The molecule has 0 bridgehead atoms. The SMILES string of the molecule is COC1(CNC(C)CCCO)CCC1. The Bertz CT molecular complexity index is 152. The van der Waals surface area contributed by atoms with Gasteiger partial charge in [0.05, 0.1) is 5.60 Å². The van der Waals surface area contributed by atoms with Crippen molar-refractivity contribution in [2.24, 2.45) is 0 Å². The van der Waals surface area contributed by atoms with Gasteiger partial charge in [0.25, 0.3) is 0 Å². The van der Waals surface area contributed by atoms with Gasteiger partial charge in [-0.05, 0) is 39.0 Å². The van der Waals surface area contributed by atoms with E-state index in [1.165, 1.54) is 19.3 Å². The minimum Gasteiger partial charge on any atom is -0.396 e. The van der Waals surface area contributed by atoms with Gasteiger partial charge in [0, 0.05) is 26.3 Å². The number of nitrogens with one attached hydrogen (secondary N) is 1. The molecule has 0 aromatic heterocycles. The fourth-order valence-electron chi connectivity index (χ4n) is 1.88. The van der Waals surface area contributed by atoms with Crippen LogP contribution in [0.25, 0.3) is 0 Å². The van der Waals surface area contributed by atoms with E-state index in [0.29, 0.717) is 12.6 Å². The quantitative estimate of drug-likeness (QED) is 0.652. The summed E-state index contributed by atoms with van der Waals surface area (Å²) in [6.07, 6.45) is 5.58. The maximum atomic E-state index is 8.69. The minimum atomic E-state index is 0.119. The van der Waals surface area contributed by atoms with Crippen LogP contribution in [0.15, 0.2) is 0 Å². The Labute approximate surface area is 86.8 Å². The van der Waals surface area contributed by atoms with Crippen LogP contribution in [0.2, 0.25) is 0 Å². The predicted octanol–water partition coefficient (Wildman–Crippen LogP) is 1.31. The van der Waals surface area contributed by atoms with Crippen molar-refractivity contribution in [2.45, 2.75) is 50.7 Å². The van der Waals surface area contributed by atoms with Crippen molar-refractivity contribution in [1.29, 1.82) is 0 Å². The van der Waals surface area contributed by atoms with E-state index in [9.17, 15) is 0 Å². The molecule has 0 spiro atoms. The highest BCUT2D eigenvalue weighted by atomic mass is 16.5. The standard InChI is InChI=1S/C11H23NO2/c1-10(5-3-8-13)12-9-11(14-2)6-4-7-11/h10,12-13H,3-9H2,1-2H3. The van der Waals surface area contributed by atoms with Crippen LogP contribution in [0, 0.1) is 0 Å². The highest BCUT2D eigenvalue weighted by molar-refractivity contribution is 4.91. The molecule has 1 saturated carbocycles. The highest BCUT2D eigenvalue weighted by Gasteiger charge is 2.36. The fourth-order valence-corrected chi connectivity index (χ4v) is 1.88. The first-order valence-corrected chi connectivity index (χ1v) is 5.62. The maximum Gasteiger partial charge on any atom is 0.0802 e. The molecule has 1 rings (SSSR count). The number of hydrogen-bond donors (Lipinski definition) is 2. The molecule has 1 aliphatic carbocycles. The molecule has 2 N–H and O–H groups in total. The van der Waals surface area contributed by atoms with Crippen molar-refractivity contribution in [1.82, 2.24) is 5.32 Å². The van der Waals surface area contributed by atoms with Crippen molar-refractivity contribution in [3.8, 4) is 0 Å². The molecule has 1 atom stereocenters. The highest BCUT2D eigenvalue weighted by Crippen LogP contribution is 2.34. The zero-order valence-electron chi connectivity index (χ0n) is 9.38. The number of hydrogen-bond acceptors (Lipinski definition) is 3. The summed E-state index contributed by atoms with van der Waals surface area (Å²) in [6, 6.07) is 0.481. The second-order valence-electron chi connectivity index (χ2n) is 4.39. The Morgan fingerprint density at radius 3 is 2.64 bits per heavy atom. The molecule has 3 nitrogen and oxygen atoms in total. The lowest BCUT2D eigenvalue weighted by molar-refractivity contribution is -0.0707. The Morgan fingerprint density at radius 2 is 2.21 bits per heavy atom. The molecule has 1 unspecified atom stereocenters. The first kappa shape index (κ1) is 12.0. The second kappa shape index (κ2) is 5.69. The third-order valence-electron chi connectivity index (χ3n) is 3.27. The van der Waals surface area contributed by atoms with E-state index in [4.69, 9.17) is 9.84 Å². The van der Waals surface area contributed by atoms with Crippen molar-refractivity contribution in [2.75, 3.05) is 20.3 Å². The smallest absolute Gasteiger partial charge is 0.0802 e. The minimum absolute atomic E-state index is 0.119. The molecule has 0 aromatic carbocycles. The van der Waals surface area contributed by atoms with Crippen LogP contribution in [0.3, 0.4) is 0 Å². The normalized spacial score (nSPS) is 21.6. The van der Waals surface area contributed by atoms with Gasteiger partial charge in [0.1, 0.15) is 0 Å². The van der Waals surface area contributed by atoms with Crippen LogP contribution in [0.5, 0.6) is 0 Å². The maximum absolute atomic E-state index is 8.69. The van der Waals surface area contributed by atoms with E-state index >= 15 is 0 Å². The van der Waals surface area contributed by atoms with Crippen LogP contribution in [0.4, 0.5) is 0 Å². The number of rotatable bonds is 7. The van der Waals surface area contributed by atoms with Gasteiger partial charge in [-0.1, -0.05) is 0 Å². The largest absolute Gasteiger partial charge is 0.396 e. The average Bonchev–Trinajstić information content (AvgIpc) is 2.14. The number of aliphatic hydroxyl groups is 1. The molecule has 0 aliphatic heterocycles. The first-order valence-electron chi connectivity index (χ1n) is 5.62. The Hall–Kier alpha value is -0.120. The molecular formula is C11H23NO2. The van der Waals surface area contributed by atoms with Crippen LogP contribution in [-0.2, 0) is 4.74 Å². The lowest BCUT2D eigenvalue weighted by Gasteiger charge is -2.41. The molecule has 14 heavy (non-hydrogen) atoms. The van der Waals surface area contributed by atoms with Gasteiger partial charge in [0.2, 0.25) is 0 Å². The van der Waals surface area contributed by atoms with Gasteiger partial charge in [-0.15, -0.1) is 0 Å². The number of methoxy groups -OCH3 is 1. The van der Waals surface area contributed by atoms with Gasteiger partial charge in [-0.25, -0.2) is 0 Å². The Kier molecular flexibility index (Phi) is 4.85. The zero-order chi connectivity index (χ0) is 10.4. The molecule has 3 heteroatoms. The van der Waals surface area contributed by atoms with E-state index in [-0.39, 0.29) is 5.60 Å². The Balaban J connectivity index is 2.12. The first-order chi connectivity index (χ1) is 6.72. The topological polar surface area (TPSA) is 41.5 Å². The molecule has 0 heterocycles.